The molecule has 0 saturated carbocycles. The Hall–Kier alpha value is -3.93. The van der Waals surface area contributed by atoms with E-state index in [1.807, 2.05) is 24.3 Å². The Morgan fingerprint density at radius 1 is 1.05 bits per heavy atom. The lowest BCUT2D eigenvalue weighted by atomic mass is 9.85. The molecule has 1 amide bonds. The van der Waals surface area contributed by atoms with Crippen LogP contribution in [0.25, 0.3) is 10.9 Å². The normalized spacial score (nSPS) is 17.1. The Bertz CT molecular complexity index is 1460. The smallest absolute Gasteiger partial charge is 0.254 e. The molecule has 3 aromatic carbocycles. The minimum absolute atomic E-state index is 0.0760. The van der Waals surface area contributed by atoms with E-state index in [0.717, 1.165) is 53.3 Å². The number of methoxy groups -OCH3 is 1. The first-order valence-corrected chi connectivity index (χ1v) is 13.0. The number of fused-ring (bicyclic) bond motifs is 4. The summed E-state index contributed by atoms with van der Waals surface area (Å²) >= 11 is 0. The molecule has 4 aromatic rings. The van der Waals surface area contributed by atoms with Crippen molar-refractivity contribution >= 4 is 16.8 Å². The first-order valence-electron chi connectivity index (χ1n) is 13.0. The molecule has 190 valence electrons. The third kappa shape index (κ3) is 4.20. The highest BCUT2D eigenvalue weighted by Crippen LogP contribution is 2.42. The van der Waals surface area contributed by atoms with Gasteiger partial charge in [-0.1, -0.05) is 32.0 Å². The molecule has 0 fully saturated rings. The number of amides is 1. The average Bonchev–Trinajstić information content (AvgIpc) is 3.55. The lowest BCUT2D eigenvalue weighted by Crippen LogP contribution is -2.43. The molecule has 2 aliphatic rings. The van der Waals surface area contributed by atoms with Crippen LogP contribution in [0.4, 0.5) is 0 Å². The molecule has 0 spiro atoms. The zero-order valence-electron chi connectivity index (χ0n) is 21.5. The summed E-state index contributed by atoms with van der Waals surface area (Å²) in [5.41, 5.74) is 6.62. The molecule has 0 saturated heterocycles. The van der Waals surface area contributed by atoms with Crippen molar-refractivity contribution < 1.29 is 19.0 Å². The molecule has 0 radical (unpaired) electrons. The number of ether oxygens (including phenoxy) is 3. The van der Waals surface area contributed by atoms with Crippen molar-refractivity contribution in [2.75, 3.05) is 20.4 Å². The number of rotatable bonds is 6. The van der Waals surface area contributed by atoms with Crippen LogP contribution in [-0.2, 0) is 19.3 Å². The van der Waals surface area contributed by atoms with Crippen LogP contribution in [0.15, 0.2) is 60.7 Å². The van der Waals surface area contributed by atoms with Crippen molar-refractivity contribution in [2.45, 2.75) is 39.2 Å². The van der Waals surface area contributed by atoms with E-state index in [-0.39, 0.29) is 24.7 Å². The lowest BCUT2D eigenvalue weighted by molar-refractivity contribution is 0.0586. The number of hydrogen-bond acceptors (Lipinski definition) is 4. The fourth-order valence-electron chi connectivity index (χ4n) is 5.84. The number of aromatic amines is 1. The average molecular weight is 497 g/mol. The molecule has 0 unspecified atom stereocenters. The quantitative estimate of drug-likeness (QED) is 0.351. The van der Waals surface area contributed by atoms with Gasteiger partial charge in [0.2, 0.25) is 6.79 Å². The van der Waals surface area contributed by atoms with E-state index in [1.165, 1.54) is 22.1 Å². The number of carbonyl (C=O) groups is 1. The first-order chi connectivity index (χ1) is 18.1. The van der Waals surface area contributed by atoms with Crippen LogP contribution in [0, 0.1) is 5.92 Å². The Labute approximate surface area is 217 Å². The molecule has 6 heteroatoms. The van der Waals surface area contributed by atoms with E-state index in [0.29, 0.717) is 6.54 Å². The van der Waals surface area contributed by atoms with Gasteiger partial charge in [0.15, 0.2) is 11.5 Å². The number of nitrogens with zero attached hydrogens (tertiary/aromatic N) is 1. The molecule has 6 rings (SSSR count). The van der Waals surface area contributed by atoms with Crippen LogP contribution >= 0.6 is 0 Å². The molecule has 37 heavy (non-hydrogen) atoms. The Morgan fingerprint density at radius 3 is 2.62 bits per heavy atom. The van der Waals surface area contributed by atoms with Gasteiger partial charge in [0.1, 0.15) is 5.75 Å². The monoisotopic (exact) mass is 496 g/mol. The van der Waals surface area contributed by atoms with Crippen LogP contribution in [0.2, 0.25) is 0 Å². The number of carbonyl (C=O) groups excluding carboxylic acids is 1. The van der Waals surface area contributed by atoms with Gasteiger partial charge < -0.3 is 24.1 Å². The summed E-state index contributed by atoms with van der Waals surface area (Å²) in [7, 11) is 1.70. The predicted octanol–water partition coefficient (Wildman–Crippen LogP) is 6.09. The summed E-state index contributed by atoms with van der Waals surface area (Å²) in [5.74, 6) is 2.65. The summed E-state index contributed by atoms with van der Waals surface area (Å²) in [4.78, 5) is 19.7. The zero-order chi connectivity index (χ0) is 25.5. The maximum Gasteiger partial charge on any atom is 0.254 e. The fourth-order valence-corrected chi connectivity index (χ4v) is 5.84. The van der Waals surface area contributed by atoms with Gasteiger partial charge in [0, 0.05) is 28.7 Å². The van der Waals surface area contributed by atoms with Crippen molar-refractivity contribution in [3.8, 4) is 17.2 Å². The van der Waals surface area contributed by atoms with Gasteiger partial charge in [0.05, 0.1) is 13.2 Å². The maximum atomic E-state index is 13.9. The molecular formula is C31H32N2O4. The third-order valence-corrected chi connectivity index (χ3v) is 7.78. The van der Waals surface area contributed by atoms with E-state index in [2.05, 4.69) is 60.1 Å². The minimum Gasteiger partial charge on any atom is -0.497 e. The van der Waals surface area contributed by atoms with E-state index < -0.39 is 0 Å². The van der Waals surface area contributed by atoms with Crippen LogP contribution in [0.1, 0.15) is 52.6 Å². The van der Waals surface area contributed by atoms with Gasteiger partial charge in [-0.05, 0) is 84.3 Å². The minimum atomic E-state index is -0.0917. The molecule has 1 aromatic heterocycles. The van der Waals surface area contributed by atoms with Gasteiger partial charge in [-0.15, -0.1) is 0 Å². The second-order valence-electron chi connectivity index (χ2n) is 10.0. The lowest BCUT2D eigenvalue weighted by Gasteiger charge is -2.39. The predicted molar refractivity (Wildman–Crippen MR) is 144 cm³/mol. The van der Waals surface area contributed by atoms with Crippen molar-refractivity contribution in [2.24, 2.45) is 5.92 Å². The van der Waals surface area contributed by atoms with Crippen molar-refractivity contribution in [3.05, 3.63) is 88.6 Å². The fraction of sp³-hybridized carbons (Fsp3) is 0.323. The van der Waals surface area contributed by atoms with E-state index >= 15 is 0 Å². The molecule has 2 atom stereocenters. The van der Waals surface area contributed by atoms with Gasteiger partial charge in [0.25, 0.3) is 5.91 Å². The van der Waals surface area contributed by atoms with Gasteiger partial charge in [-0.3, -0.25) is 4.79 Å². The highest BCUT2D eigenvalue weighted by atomic mass is 16.7. The third-order valence-electron chi connectivity index (χ3n) is 7.78. The van der Waals surface area contributed by atoms with E-state index in [1.54, 1.807) is 7.11 Å². The highest BCUT2D eigenvalue weighted by Gasteiger charge is 2.37. The molecule has 1 N–H and O–H groups in total. The van der Waals surface area contributed by atoms with Crippen LogP contribution in [0.3, 0.4) is 0 Å². The topological polar surface area (TPSA) is 63.8 Å². The number of aryl methyl sites for hydroxylation is 1. The second kappa shape index (κ2) is 9.51. The standard InChI is InChI=1S/C31H32N2O4/c1-4-20-5-8-22(9-6-20)31(34)33-14-13-24-25-17-23(35-3)10-11-26(25)32-29(24)30(33)19(2)15-21-7-12-27-28(16-21)37-18-36-27/h5-12,16-17,19,30,32H,4,13-15,18H2,1-3H3/t19-,30-/m1/s1. The van der Waals surface area contributed by atoms with Gasteiger partial charge >= 0.3 is 0 Å². The Morgan fingerprint density at radius 2 is 1.84 bits per heavy atom. The Kier molecular flexibility index (Phi) is 6.03. The van der Waals surface area contributed by atoms with Crippen molar-refractivity contribution in [1.82, 2.24) is 9.88 Å². The summed E-state index contributed by atoms with van der Waals surface area (Å²) in [6, 6.07) is 20.2. The largest absolute Gasteiger partial charge is 0.497 e. The molecular weight excluding hydrogens is 464 g/mol. The van der Waals surface area contributed by atoms with Crippen LogP contribution < -0.4 is 14.2 Å². The summed E-state index contributed by atoms with van der Waals surface area (Å²) in [6.45, 7) is 5.29. The maximum absolute atomic E-state index is 13.9. The summed E-state index contributed by atoms with van der Waals surface area (Å²) < 4.78 is 16.6. The number of benzene rings is 3. The van der Waals surface area contributed by atoms with Crippen LogP contribution in [0.5, 0.6) is 17.2 Å². The zero-order valence-corrected chi connectivity index (χ0v) is 21.5. The summed E-state index contributed by atoms with van der Waals surface area (Å²) in [6.07, 6.45) is 2.56. The van der Waals surface area contributed by atoms with Gasteiger partial charge in [-0.25, -0.2) is 0 Å². The van der Waals surface area contributed by atoms with Crippen molar-refractivity contribution in [3.63, 3.8) is 0 Å². The number of hydrogen-bond donors (Lipinski definition) is 1. The molecule has 0 aliphatic carbocycles. The molecule has 2 aliphatic heterocycles. The molecule has 3 heterocycles. The number of aromatic nitrogens is 1. The highest BCUT2D eigenvalue weighted by molar-refractivity contribution is 5.95. The Balaban J connectivity index is 1.39. The second-order valence-corrected chi connectivity index (χ2v) is 10.0. The summed E-state index contributed by atoms with van der Waals surface area (Å²) in [5, 5.41) is 1.18. The van der Waals surface area contributed by atoms with Crippen molar-refractivity contribution in [1.29, 1.82) is 0 Å². The van der Waals surface area contributed by atoms with Crippen LogP contribution in [-0.4, -0.2) is 36.2 Å². The number of nitrogens with one attached hydrogen (secondary N) is 1. The molecule has 0 bridgehead atoms. The van der Waals surface area contributed by atoms with E-state index in [9.17, 15) is 4.79 Å². The number of H-pyrrole nitrogens is 1. The van der Waals surface area contributed by atoms with E-state index in [4.69, 9.17) is 14.2 Å². The van der Waals surface area contributed by atoms with Gasteiger partial charge in [-0.2, -0.15) is 0 Å². The SMILES string of the molecule is CCc1ccc(C(=O)N2CCc3c([nH]c4ccc(OC)cc34)[C@H]2[C@H](C)Cc2ccc3c(c2)OCO3)cc1. The first kappa shape index (κ1) is 23.5. The molecule has 6 nitrogen and oxygen atoms in total.